The van der Waals surface area contributed by atoms with Crippen LogP contribution in [0.1, 0.15) is 25.5 Å². The van der Waals surface area contributed by atoms with Crippen LogP contribution in [0.15, 0.2) is 30.7 Å². The summed E-state index contributed by atoms with van der Waals surface area (Å²) in [4.78, 5) is 15.1. The Morgan fingerprint density at radius 3 is 2.69 bits per heavy atom. The number of anilines is 1. The molecule has 1 saturated heterocycles. The molecule has 0 aromatic carbocycles. The smallest absolute Gasteiger partial charge is 0.282 e. The number of alkyl halides is 2. The van der Waals surface area contributed by atoms with Gasteiger partial charge in [-0.05, 0) is 37.8 Å². The molecule has 3 aromatic rings. The van der Waals surface area contributed by atoms with E-state index < -0.39 is 13.6 Å². The highest BCUT2D eigenvalue weighted by molar-refractivity contribution is 7.63. The lowest BCUT2D eigenvalue weighted by atomic mass is 10.00. The van der Waals surface area contributed by atoms with Crippen molar-refractivity contribution in [2.75, 3.05) is 31.3 Å². The molecule has 10 heteroatoms. The molecule has 7 nitrogen and oxygen atoms in total. The second kappa shape index (κ2) is 7.44. The van der Waals surface area contributed by atoms with Crippen LogP contribution in [-0.2, 0) is 4.57 Å². The molecule has 1 fully saturated rings. The Balaban J connectivity index is 1.70. The van der Waals surface area contributed by atoms with Crippen molar-refractivity contribution in [2.45, 2.75) is 25.4 Å². The van der Waals surface area contributed by atoms with Gasteiger partial charge in [0.1, 0.15) is 23.5 Å². The van der Waals surface area contributed by atoms with Crippen LogP contribution >= 0.6 is 7.14 Å². The quantitative estimate of drug-likeness (QED) is 0.595. The van der Waals surface area contributed by atoms with Crippen molar-refractivity contribution in [3.63, 3.8) is 0 Å². The molecular formula is C19H23F2N6OP. The predicted octanol–water partition coefficient (Wildman–Crippen LogP) is 3.96. The second-order valence-corrected chi connectivity index (χ2v) is 11.7. The molecule has 29 heavy (non-hydrogen) atoms. The topological polar surface area (TPSA) is 76.3 Å². The maximum atomic E-state index is 13.1. The van der Waals surface area contributed by atoms with E-state index in [1.54, 1.807) is 6.20 Å². The van der Waals surface area contributed by atoms with Crippen molar-refractivity contribution in [2.24, 2.45) is 5.92 Å². The summed E-state index contributed by atoms with van der Waals surface area (Å²) in [6.07, 6.45) is 1.29. The lowest BCUT2D eigenvalue weighted by molar-refractivity contribution is 0.144. The Hall–Kier alpha value is -2.41. The number of hydrogen-bond donors (Lipinski definition) is 0. The van der Waals surface area contributed by atoms with Gasteiger partial charge in [-0.25, -0.2) is 28.2 Å². The van der Waals surface area contributed by atoms with Crippen molar-refractivity contribution >= 4 is 18.6 Å². The van der Waals surface area contributed by atoms with Gasteiger partial charge in [-0.3, -0.25) is 0 Å². The van der Waals surface area contributed by atoms with E-state index in [-0.39, 0.29) is 11.4 Å². The molecule has 3 aromatic heterocycles. The molecule has 1 aliphatic heterocycles. The zero-order chi connectivity index (χ0) is 20.8. The molecule has 2 atom stereocenters. The second-order valence-electron chi connectivity index (χ2n) is 8.07. The van der Waals surface area contributed by atoms with Crippen LogP contribution < -0.4 is 4.90 Å². The molecule has 4 heterocycles. The highest BCUT2D eigenvalue weighted by Gasteiger charge is 2.33. The van der Waals surface area contributed by atoms with Crippen LogP contribution in [0.3, 0.4) is 0 Å². The Kier molecular flexibility index (Phi) is 5.11. The molecule has 0 bridgehead atoms. The lowest BCUT2D eigenvalue weighted by Crippen LogP contribution is -2.42. The lowest BCUT2D eigenvalue weighted by Gasteiger charge is -2.38. The van der Waals surface area contributed by atoms with Gasteiger partial charge < -0.3 is 9.46 Å². The Labute approximate surface area is 167 Å². The number of aromatic nitrogens is 5. The van der Waals surface area contributed by atoms with E-state index >= 15 is 0 Å². The van der Waals surface area contributed by atoms with E-state index in [2.05, 4.69) is 31.9 Å². The van der Waals surface area contributed by atoms with Crippen molar-refractivity contribution in [3.05, 3.63) is 36.4 Å². The predicted molar refractivity (Wildman–Crippen MR) is 108 cm³/mol. The standard InChI is InChI=1S/C19H23F2N6OP/c1-12-6-13(29(2,3)28)10-26(9-12)18-7-15(23-11-24-18)16-8-22-17-5-4-14(19(20)21)25-27(16)17/h4-5,7-8,11-13,19H,6,9-10H2,1-3H3. The molecule has 0 spiro atoms. The summed E-state index contributed by atoms with van der Waals surface area (Å²) < 4.78 is 40.1. The number of nitrogens with zero attached hydrogens (tertiary/aromatic N) is 6. The van der Waals surface area contributed by atoms with Gasteiger partial charge in [0.25, 0.3) is 6.43 Å². The summed E-state index contributed by atoms with van der Waals surface area (Å²) in [5, 5.41) is 4.00. The van der Waals surface area contributed by atoms with Crippen molar-refractivity contribution < 1.29 is 13.3 Å². The summed E-state index contributed by atoms with van der Waals surface area (Å²) >= 11 is 0. The van der Waals surface area contributed by atoms with Gasteiger partial charge in [-0.2, -0.15) is 5.10 Å². The Bertz CT molecular complexity index is 1080. The first kappa shape index (κ1) is 19.9. The summed E-state index contributed by atoms with van der Waals surface area (Å²) in [6.45, 7) is 7.31. The molecule has 0 aliphatic carbocycles. The van der Waals surface area contributed by atoms with Gasteiger partial charge in [0, 0.05) is 24.8 Å². The minimum atomic E-state index is -2.67. The minimum absolute atomic E-state index is 0.121. The fourth-order valence-electron chi connectivity index (χ4n) is 3.79. The van der Waals surface area contributed by atoms with Crippen LogP contribution in [-0.4, -0.2) is 56.6 Å². The number of fused-ring (bicyclic) bond motifs is 1. The highest BCUT2D eigenvalue weighted by atomic mass is 31.2. The van der Waals surface area contributed by atoms with E-state index in [0.717, 1.165) is 18.8 Å². The van der Waals surface area contributed by atoms with Crippen molar-refractivity contribution in [1.82, 2.24) is 24.6 Å². The first-order valence-electron chi connectivity index (χ1n) is 9.47. The van der Waals surface area contributed by atoms with E-state index in [1.807, 2.05) is 19.4 Å². The van der Waals surface area contributed by atoms with Crippen molar-refractivity contribution in [1.29, 1.82) is 0 Å². The van der Waals surface area contributed by atoms with Gasteiger partial charge in [0.2, 0.25) is 0 Å². The zero-order valence-electron chi connectivity index (χ0n) is 16.5. The van der Waals surface area contributed by atoms with Gasteiger partial charge >= 0.3 is 0 Å². The first-order valence-corrected chi connectivity index (χ1v) is 12.1. The van der Waals surface area contributed by atoms with E-state index in [1.165, 1.54) is 23.0 Å². The monoisotopic (exact) mass is 420 g/mol. The summed E-state index contributed by atoms with van der Waals surface area (Å²) in [7, 11) is -2.22. The van der Waals surface area contributed by atoms with Gasteiger partial charge in [0.05, 0.1) is 19.0 Å². The van der Waals surface area contributed by atoms with Gasteiger partial charge in [-0.15, -0.1) is 0 Å². The maximum absolute atomic E-state index is 13.1. The minimum Gasteiger partial charge on any atom is -0.355 e. The molecule has 1 aliphatic rings. The molecule has 0 radical (unpaired) electrons. The zero-order valence-corrected chi connectivity index (χ0v) is 17.4. The SMILES string of the molecule is CC1CC(P(C)(C)=O)CN(c2cc(-c3cnc4ccc(C(F)F)nn34)ncn2)C1. The number of imidazole rings is 1. The van der Waals surface area contributed by atoms with Gasteiger partial charge in [-0.1, -0.05) is 6.92 Å². The molecule has 0 N–H and O–H groups in total. The molecule has 2 unspecified atom stereocenters. The number of halogens is 2. The third kappa shape index (κ3) is 4.01. The van der Waals surface area contributed by atoms with E-state index in [0.29, 0.717) is 29.5 Å². The van der Waals surface area contributed by atoms with E-state index in [9.17, 15) is 13.3 Å². The van der Waals surface area contributed by atoms with Crippen LogP contribution in [0.25, 0.3) is 17.0 Å². The normalized spacial score (nSPS) is 20.6. The number of rotatable bonds is 4. The fraction of sp³-hybridized carbons (Fsp3) is 0.474. The average molecular weight is 420 g/mol. The Morgan fingerprint density at radius 2 is 1.97 bits per heavy atom. The summed E-state index contributed by atoms with van der Waals surface area (Å²) in [6, 6.07) is 4.59. The van der Waals surface area contributed by atoms with Crippen LogP contribution in [0.5, 0.6) is 0 Å². The molecular weight excluding hydrogens is 397 g/mol. The van der Waals surface area contributed by atoms with Gasteiger partial charge in [0.15, 0.2) is 5.65 Å². The highest BCUT2D eigenvalue weighted by Crippen LogP contribution is 2.47. The third-order valence-corrected chi connectivity index (χ3v) is 7.50. The molecule has 154 valence electrons. The summed E-state index contributed by atoms with van der Waals surface area (Å²) in [5.41, 5.74) is 1.34. The third-order valence-electron chi connectivity index (χ3n) is 5.36. The molecule has 0 saturated carbocycles. The average Bonchev–Trinajstić information content (AvgIpc) is 3.10. The summed E-state index contributed by atoms with van der Waals surface area (Å²) in [5.74, 6) is 1.12. The first-order chi connectivity index (χ1) is 13.7. The largest absolute Gasteiger partial charge is 0.355 e. The van der Waals surface area contributed by atoms with Crippen LogP contribution in [0, 0.1) is 5.92 Å². The number of piperidine rings is 1. The fourth-order valence-corrected chi connectivity index (χ4v) is 5.25. The van der Waals surface area contributed by atoms with E-state index in [4.69, 9.17) is 0 Å². The Morgan fingerprint density at radius 1 is 1.17 bits per heavy atom. The molecule has 4 rings (SSSR count). The van der Waals surface area contributed by atoms with Crippen molar-refractivity contribution in [3.8, 4) is 11.4 Å². The number of hydrogen-bond acceptors (Lipinski definition) is 6. The van der Waals surface area contributed by atoms with Crippen LogP contribution in [0.2, 0.25) is 0 Å². The van der Waals surface area contributed by atoms with Crippen LogP contribution in [0.4, 0.5) is 14.6 Å². The maximum Gasteiger partial charge on any atom is 0.282 e. The molecule has 0 amide bonds.